The van der Waals surface area contributed by atoms with Crippen molar-refractivity contribution < 1.29 is 44.6 Å². The van der Waals surface area contributed by atoms with Gasteiger partial charge in [0.25, 0.3) is 0 Å². The summed E-state index contributed by atoms with van der Waals surface area (Å²) in [6, 6.07) is 5.26. The first-order valence-electron chi connectivity index (χ1n) is 4.35. The molecule has 3 nitrogen and oxygen atoms in total. The van der Waals surface area contributed by atoms with Crippen molar-refractivity contribution in [2.45, 2.75) is 27.7 Å². The molecule has 0 unspecified atom stereocenters. The van der Waals surface area contributed by atoms with Gasteiger partial charge in [0.05, 0.1) is 0 Å². The summed E-state index contributed by atoms with van der Waals surface area (Å²) in [6.45, 7) is 8.53. The second-order valence-electron chi connectivity index (χ2n) is 3.19. The van der Waals surface area contributed by atoms with E-state index in [-0.39, 0.29) is 29.6 Å². The Hall–Kier alpha value is 0.165. The van der Waals surface area contributed by atoms with Gasteiger partial charge in [0.2, 0.25) is 0 Å². The van der Waals surface area contributed by atoms with Gasteiger partial charge < -0.3 is 15.1 Å². The third-order valence-corrected chi connectivity index (χ3v) is 2.22. The maximum atomic E-state index is 7.17. The van der Waals surface area contributed by atoms with E-state index in [4.69, 9.17) is 15.1 Å². The van der Waals surface area contributed by atoms with Crippen molar-refractivity contribution in [1.82, 2.24) is 0 Å². The molecule has 0 saturated carbocycles. The molecular weight excluding hydrogens is 202 g/mol. The van der Waals surface area contributed by atoms with Gasteiger partial charge in [-0.2, -0.15) is 34.4 Å². The molecule has 0 aliphatic rings. The minimum Gasteiger partial charge on any atom is -0.402 e. The van der Waals surface area contributed by atoms with Crippen LogP contribution in [0.4, 0.5) is 0 Å². The van der Waals surface area contributed by atoms with E-state index in [0.717, 1.165) is 0 Å². The molecule has 0 aliphatic carbocycles. The van der Waals surface area contributed by atoms with Crippen LogP contribution in [0, 0.1) is 33.8 Å². The Bertz CT molecular complexity index is 273. The van der Waals surface area contributed by atoms with Crippen LogP contribution in [0.3, 0.4) is 0 Å². The smallest absolute Gasteiger partial charge is 0.402 e. The first-order valence-corrected chi connectivity index (χ1v) is 4.35. The Labute approximate surface area is 114 Å². The van der Waals surface area contributed by atoms with Gasteiger partial charge in [-0.25, -0.2) is 0 Å². The van der Waals surface area contributed by atoms with Crippen LogP contribution in [-0.2, 0) is 0 Å². The van der Waals surface area contributed by atoms with Crippen LogP contribution in [0.2, 0.25) is 0 Å². The quantitative estimate of drug-likeness (QED) is 0.338. The third-order valence-electron chi connectivity index (χ3n) is 2.22. The normalized spacial score (nSPS) is 8.47. The second-order valence-corrected chi connectivity index (χ2v) is 3.19. The van der Waals surface area contributed by atoms with E-state index in [1.54, 1.807) is 0 Å². The Balaban J connectivity index is 0. The number of rotatable bonds is 0. The van der Waals surface area contributed by atoms with Gasteiger partial charge in [0.1, 0.15) is 0 Å². The maximum Gasteiger partial charge on any atom is 1.00 e. The molecule has 78 valence electrons. The third kappa shape index (κ3) is 7.11. The average molecular weight is 218 g/mol. The van der Waals surface area contributed by atoms with E-state index in [1.165, 1.54) is 22.3 Å². The largest absolute Gasteiger partial charge is 1.00 e. The standard InChI is InChI=1S/C10H13.BH3O3.Na/c1-7-5-6-8(2)10(4)9(7)3;2-1(3)4;/h5H,1-4H3;2-4H;/q-1;;+1. The molecule has 0 saturated heterocycles. The van der Waals surface area contributed by atoms with Gasteiger partial charge in [-0.15, -0.1) is 0 Å². The molecule has 1 aromatic rings. The van der Waals surface area contributed by atoms with E-state index < -0.39 is 7.32 Å². The minimum atomic E-state index is -2.17. The van der Waals surface area contributed by atoms with Crippen molar-refractivity contribution in [3.05, 3.63) is 34.4 Å². The van der Waals surface area contributed by atoms with E-state index in [2.05, 4.69) is 39.8 Å². The van der Waals surface area contributed by atoms with Crippen molar-refractivity contribution in [3.63, 3.8) is 0 Å². The molecule has 15 heavy (non-hydrogen) atoms. The molecule has 0 atom stereocenters. The average Bonchev–Trinajstić information content (AvgIpc) is 2.07. The zero-order valence-corrected chi connectivity index (χ0v) is 12.0. The molecule has 0 aliphatic heterocycles. The molecule has 0 spiro atoms. The summed E-state index contributed by atoms with van der Waals surface area (Å²) in [4.78, 5) is 0. The SMILES string of the molecule is Cc1[c-]cc(C)c(C)c1C.OB(O)O.[Na+]. The van der Waals surface area contributed by atoms with Gasteiger partial charge in [-0.3, -0.25) is 0 Å². The van der Waals surface area contributed by atoms with Crippen LogP contribution >= 0.6 is 0 Å². The molecule has 1 aromatic carbocycles. The predicted octanol–water partition coefficient (Wildman–Crippen LogP) is -2.33. The fourth-order valence-electron chi connectivity index (χ4n) is 1.01. The Morgan fingerprint density at radius 3 is 1.73 bits per heavy atom. The van der Waals surface area contributed by atoms with Crippen molar-refractivity contribution in [2.24, 2.45) is 0 Å². The summed E-state index contributed by atoms with van der Waals surface area (Å²) >= 11 is 0. The summed E-state index contributed by atoms with van der Waals surface area (Å²) in [5, 5.41) is 21.5. The van der Waals surface area contributed by atoms with Crippen LogP contribution in [0.5, 0.6) is 0 Å². The van der Waals surface area contributed by atoms with Crippen molar-refractivity contribution in [2.75, 3.05) is 0 Å². The number of hydrogen-bond acceptors (Lipinski definition) is 3. The van der Waals surface area contributed by atoms with Crippen LogP contribution in [0.15, 0.2) is 6.07 Å². The molecule has 0 radical (unpaired) electrons. The minimum absolute atomic E-state index is 0. The van der Waals surface area contributed by atoms with Crippen LogP contribution in [0.1, 0.15) is 22.3 Å². The van der Waals surface area contributed by atoms with E-state index in [0.29, 0.717) is 0 Å². The Morgan fingerprint density at radius 1 is 1.00 bits per heavy atom. The van der Waals surface area contributed by atoms with Crippen LogP contribution in [-0.4, -0.2) is 22.4 Å². The summed E-state index contributed by atoms with van der Waals surface area (Å²) in [5.41, 5.74) is 5.38. The first-order chi connectivity index (χ1) is 6.36. The molecule has 0 bridgehead atoms. The number of benzene rings is 1. The fourth-order valence-corrected chi connectivity index (χ4v) is 1.01. The molecule has 1 rings (SSSR count). The van der Waals surface area contributed by atoms with Gasteiger partial charge in [0.15, 0.2) is 0 Å². The molecule has 5 heteroatoms. The number of hydrogen-bond donors (Lipinski definition) is 3. The van der Waals surface area contributed by atoms with Crippen LogP contribution < -0.4 is 29.6 Å². The van der Waals surface area contributed by atoms with Gasteiger partial charge in [0, 0.05) is 0 Å². The predicted molar refractivity (Wildman–Crippen MR) is 56.6 cm³/mol. The Kier molecular flexibility index (Phi) is 9.75. The molecule has 0 aromatic heterocycles. The van der Waals surface area contributed by atoms with Crippen molar-refractivity contribution in [1.29, 1.82) is 0 Å². The van der Waals surface area contributed by atoms with E-state index in [9.17, 15) is 0 Å². The molecular formula is C10H16BNaO3. The molecule has 0 amide bonds. The fraction of sp³-hybridized carbons (Fsp3) is 0.400. The van der Waals surface area contributed by atoms with Crippen molar-refractivity contribution in [3.8, 4) is 0 Å². The Morgan fingerprint density at radius 2 is 1.40 bits per heavy atom. The maximum absolute atomic E-state index is 7.17. The summed E-state index contributed by atoms with van der Waals surface area (Å²) in [7, 11) is -2.17. The second kappa shape index (κ2) is 8.33. The zero-order chi connectivity index (χ0) is 11.3. The number of aryl methyl sites for hydroxylation is 2. The summed E-state index contributed by atoms with van der Waals surface area (Å²) in [5.74, 6) is 0. The van der Waals surface area contributed by atoms with E-state index >= 15 is 0 Å². The zero-order valence-electron chi connectivity index (χ0n) is 10.00. The molecule has 0 fully saturated rings. The van der Waals surface area contributed by atoms with Gasteiger partial charge in [-0.05, 0) is 0 Å². The van der Waals surface area contributed by atoms with E-state index in [1.807, 2.05) is 0 Å². The molecule has 0 heterocycles. The van der Waals surface area contributed by atoms with Gasteiger partial charge in [-0.1, -0.05) is 27.7 Å². The molecule has 3 N–H and O–H groups in total. The monoisotopic (exact) mass is 218 g/mol. The topological polar surface area (TPSA) is 60.7 Å². The summed E-state index contributed by atoms with van der Waals surface area (Å²) < 4.78 is 0. The van der Waals surface area contributed by atoms with Gasteiger partial charge >= 0.3 is 36.9 Å². The van der Waals surface area contributed by atoms with Crippen molar-refractivity contribution >= 4 is 7.32 Å². The summed E-state index contributed by atoms with van der Waals surface area (Å²) in [6.07, 6.45) is 0. The first kappa shape index (κ1) is 17.6. The van der Waals surface area contributed by atoms with Crippen LogP contribution in [0.25, 0.3) is 0 Å².